The van der Waals surface area contributed by atoms with E-state index in [1.807, 2.05) is 42.5 Å². The number of carboxylic acid groups (broad SMARTS) is 2. The molecular formula is C21H18O5. The molecule has 0 amide bonds. The lowest BCUT2D eigenvalue weighted by molar-refractivity contribution is 0.0695. The van der Waals surface area contributed by atoms with Gasteiger partial charge in [-0.15, -0.1) is 0 Å². The Labute approximate surface area is 150 Å². The maximum absolute atomic E-state index is 11.3. The lowest BCUT2D eigenvalue weighted by Gasteiger charge is -2.01. The summed E-state index contributed by atoms with van der Waals surface area (Å²) in [6, 6.07) is 17.7. The fourth-order valence-electron chi connectivity index (χ4n) is 2.52. The number of ketones is 1. The summed E-state index contributed by atoms with van der Waals surface area (Å²) in [6.45, 7) is 3.22. The number of carbonyl (C=O) groups excluding carboxylic acids is 1. The van der Waals surface area contributed by atoms with E-state index in [4.69, 9.17) is 10.2 Å². The van der Waals surface area contributed by atoms with E-state index in [-0.39, 0.29) is 16.9 Å². The zero-order valence-corrected chi connectivity index (χ0v) is 14.4. The molecule has 0 atom stereocenters. The summed E-state index contributed by atoms with van der Waals surface area (Å²) in [5.41, 5.74) is 1.37. The van der Waals surface area contributed by atoms with Gasteiger partial charge in [0.25, 0.3) is 0 Å². The highest BCUT2D eigenvalue weighted by molar-refractivity contribution is 6.06. The minimum atomic E-state index is -1.12. The van der Waals surface area contributed by atoms with Crippen LogP contribution in [0.2, 0.25) is 0 Å². The fraction of sp³-hybridized carbons (Fsp3) is 0.0952. The first-order valence-electron chi connectivity index (χ1n) is 7.87. The van der Waals surface area contributed by atoms with Crippen LogP contribution in [0.1, 0.15) is 43.6 Å². The Hall–Kier alpha value is -3.47. The van der Waals surface area contributed by atoms with Gasteiger partial charge in [-0.25, -0.2) is 9.59 Å². The first-order valence-corrected chi connectivity index (χ1v) is 7.87. The van der Waals surface area contributed by atoms with Crippen molar-refractivity contribution in [2.45, 2.75) is 13.8 Å². The van der Waals surface area contributed by atoms with Gasteiger partial charge >= 0.3 is 11.9 Å². The predicted molar refractivity (Wildman–Crippen MR) is 99.1 cm³/mol. The second-order valence-corrected chi connectivity index (χ2v) is 5.72. The van der Waals surface area contributed by atoms with Gasteiger partial charge in [0.15, 0.2) is 5.78 Å². The molecule has 26 heavy (non-hydrogen) atoms. The van der Waals surface area contributed by atoms with E-state index >= 15 is 0 Å². The number of carboxylic acids is 2. The molecule has 3 aromatic rings. The summed E-state index contributed by atoms with van der Waals surface area (Å²) in [5, 5.41) is 19.4. The van der Waals surface area contributed by atoms with Crippen LogP contribution in [0.4, 0.5) is 0 Å². The molecule has 3 aromatic carbocycles. The molecule has 132 valence electrons. The van der Waals surface area contributed by atoms with Gasteiger partial charge in [0.05, 0.1) is 11.1 Å². The SMILES string of the molecule is CC(=O)c1cccc2ccccc12.Cc1ccc(C(=O)O)cc1C(=O)O. The van der Waals surface area contributed by atoms with Gasteiger partial charge in [-0.05, 0) is 42.3 Å². The second-order valence-electron chi connectivity index (χ2n) is 5.72. The van der Waals surface area contributed by atoms with Crippen molar-refractivity contribution in [3.63, 3.8) is 0 Å². The number of hydrogen-bond donors (Lipinski definition) is 2. The molecule has 0 aromatic heterocycles. The number of carbonyl (C=O) groups is 3. The van der Waals surface area contributed by atoms with Crippen molar-refractivity contribution >= 4 is 28.5 Å². The molecular weight excluding hydrogens is 332 g/mol. The third kappa shape index (κ3) is 4.33. The van der Waals surface area contributed by atoms with Crippen LogP contribution in [0, 0.1) is 6.92 Å². The van der Waals surface area contributed by atoms with Crippen molar-refractivity contribution in [2.24, 2.45) is 0 Å². The molecule has 3 rings (SSSR count). The van der Waals surface area contributed by atoms with Gasteiger partial charge in [-0.1, -0.05) is 48.5 Å². The quantitative estimate of drug-likeness (QED) is 0.682. The number of benzene rings is 3. The van der Waals surface area contributed by atoms with Crippen LogP contribution in [-0.2, 0) is 0 Å². The van der Waals surface area contributed by atoms with E-state index in [2.05, 4.69) is 0 Å². The van der Waals surface area contributed by atoms with E-state index in [1.54, 1.807) is 13.8 Å². The van der Waals surface area contributed by atoms with Crippen molar-refractivity contribution in [3.05, 3.63) is 82.9 Å². The summed E-state index contributed by atoms with van der Waals surface area (Å²) in [6.07, 6.45) is 0. The molecule has 0 aliphatic carbocycles. The average Bonchev–Trinajstić information content (AvgIpc) is 2.61. The molecule has 0 aliphatic rings. The van der Waals surface area contributed by atoms with Crippen molar-refractivity contribution < 1.29 is 24.6 Å². The van der Waals surface area contributed by atoms with E-state index in [0.29, 0.717) is 5.56 Å². The van der Waals surface area contributed by atoms with Crippen LogP contribution in [0.5, 0.6) is 0 Å². The number of aromatic carboxylic acids is 2. The van der Waals surface area contributed by atoms with Crippen molar-refractivity contribution in [1.29, 1.82) is 0 Å². The van der Waals surface area contributed by atoms with Gasteiger partial charge in [0, 0.05) is 5.56 Å². The van der Waals surface area contributed by atoms with Crippen molar-refractivity contribution in [2.75, 3.05) is 0 Å². The van der Waals surface area contributed by atoms with Gasteiger partial charge < -0.3 is 10.2 Å². The van der Waals surface area contributed by atoms with E-state index < -0.39 is 11.9 Å². The molecule has 0 heterocycles. The minimum Gasteiger partial charge on any atom is -0.478 e. The summed E-state index contributed by atoms with van der Waals surface area (Å²) < 4.78 is 0. The van der Waals surface area contributed by atoms with E-state index in [0.717, 1.165) is 22.4 Å². The summed E-state index contributed by atoms with van der Waals surface area (Å²) in [7, 11) is 0. The first-order chi connectivity index (χ1) is 12.3. The van der Waals surface area contributed by atoms with Gasteiger partial charge in [0.2, 0.25) is 0 Å². The Morgan fingerprint density at radius 3 is 2.04 bits per heavy atom. The highest BCUT2D eigenvalue weighted by Crippen LogP contribution is 2.18. The largest absolute Gasteiger partial charge is 0.478 e. The molecule has 0 aliphatic heterocycles. The summed E-state index contributed by atoms with van der Waals surface area (Å²) >= 11 is 0. The normalized spacial score (nSPS) is 9.92. The smallest absolute Gasteiger partial charge is 0.335 e. The van der Waals surface area contributed by atoms with Crippen LogP contribution in [-0.4, -0.2) is 27.9 Å². The average molecular weight is 350 g/mol. The lowest BCUT2D eigenvalue weighted by Crippen LogP contribution is -2.03. The van der Waals surface area contributed by atoms with Crippen LogP contribution in [0.15, 0.2) is 60.7 Å². The molecule has 0 bridgehead atoms. The Morgan fingerprint density at radius 1 is 0.769 bits per heavy atom. The standard InChI is InChI=1S/C12H10O.C9H8O4/c1-9(13)11-8-4-6-10-5-2-3-7-12(10)11;1-5-2-3-6(8(10)11)4-7(5)9(12)13/h2-8H,1H3;2-4H,1H3,(H,10,11)(H,12,13). The number of rotatable bonds is 3. The molecule has 2 N–H and O–H groups in total. The summed E-state index contributed by atoms with van der Waals surface area (Å²) in [5.74, 6) is -2.11. The zero-order valence-electron chi connectivity index (χ0n) is 14.4. The van der Waals surface area contributed by atoms with Crippen molar-refractivity contribution in [3.8, 4) is 0 Å². The van der Waals surface area contributed by atoms with E-state index in [1.165, 1.54) is 12.1 Å². The predicted octanol–water partition coefficient (Wildman–Crippen LogP) is 4.43. The van der Waals surface area contributed by atoms with Crippen molar-refractivity contribution in [1.82, 2.24) is 0 Å². The monoisotopic (exact) mass is 350 g/mol. The third-order valence-electron chi connectivity index (χ3n) is 3.88. The topological polar surface area (TPSA) is 91.7 Å². The van der Waals surface area contributed by atoms with Gasteiger partial charge in [-0.3, -0.25) is 4.79 Å². The lowest BCUT2D eigenvalue weighted by atomic mass is 10.0. The van der Waals surface area contributed by atoms with Gasteiger partial charge in [0.1, 0.15) is 0 Å². The first kappa shape index (κ1) is 18.9. The maximum Gasteiger partial charge on any atom is 0.335 e. The fourth-order valence-corrected chi connectivity index (χ4v) is 2.52. The van der Waals surface area contributed by atoms with E-state index in [9.17, 15) is 14.4 Å². The Kier molecular flexibility index (Phi) is 5.86. The van der Waals surface area contributed by atoms with Crippen LogP contribution in [0.25, 0.3) is 10.8 Å². The minimum absolute atomic E-state index is 0.0111. The molecule has 0 unspecified atom stereocenters. The van der Waals surface area contributed by atoms with Crippen LogP contribution < -0.4 is 0 Å². The Bertz CT molecular complexity index is 983. The molecule has 0 saturated heterocycles. The highest BCUT2D eigenvalue weighted by Gasteiger charge is 2.10. The number of aryl methyl sites for hydroxylation is 1. The Balaban J connectivity index is 0.000000187. The summed E-state index contributed by atoms with van der Waals surface area (Å²) in [4.78, 5) is 32.4. The Morgan fingerprint density at radius 2 is 1.42 bits per heavy atom. The maximum atomic E-state index is 11.3. The molecule has 0 radical (unpaired) electrons. The molecule has 0 spiro atoms. The second kappa shape index (κ2) is 8.07. The molecule has 5 heteroatoms. The molecule has 5 nitrogen and oxygen atoms in total. The molecule has 0 saturated carbocycles. The van der Waals surface area contributed by atoms with Crippen LogP contribution >= 0.6 is 0 Å². The molecule has 0 fully saturated rings. The number of Topliss-reactive ketones (excluding diaryl/α,β-unsaturated/α-hetero) is 1. The van der Waals surface area contributed by atoms with Gasteiger partial charge in [-0.2, -0.15) is 0 Å². The van der Waals surface area contributed by atoms with Crippen LogP contribution in [0.3, 0.4) is 0 Å². The highest BCUT2D eigenvalue weighted by atomic mass is 16.4. The third-order valence-corrected chi connectivity index (χ3v) is 3.88. The number of fused-ring (bicyclic) bond motifs is 1. The zero-order chi connectivity index (χ0) is 19.3. The number of hydrogen-bond acceptors (Lipinski definition) is 3.